The Morgan fingerprint density at radius 2 is 1.05 bits per heavy atom. The van der Waals surface area contributed by atoms with E-state index in [0.717, 1.165) is 32.3 Å². The van der Waals surface area contributed by atoms with Crippen LogP contribution in [-0.4, -0.2) is 119 Å². The highest BCUT2D eigenvalue weighted by Crippen LogP contribution is 2.59. The molecule has 10 aromatic rings. The Morgan fingerprint density at radius 3 is 1.51 bits per heavy atom. The van der Waals surface area contributed by atoms with Crippen LogP contribution in [0, 0.1) is 11.6 Å². The number of carbonyl (C=O) groups is 2. The van der Waals surface area contributed by atoms with Gasteiger partial charge < -0.3 is 47.4 Å². The molecule has 0 bridgehead atoms. The second kappa shape index (κ2) is 22.2. The van der Waals surface area contributed by atoms with Gasteiger partial charge in [-0.05, 0) is 100 Å². The molecule has 2 N–H and O–H groups in total. The van der Waals surface area contributed by atoms with Crippen molar-refractivity contribution in [3.63, 3.8) is 0 Å². The zero-order valence-electron chi connectivity index (χ0n) is 51.8. The maximum absolute atomic E-state index is 14.6. The SMILES string of the molecule is CNC(=O)c1c(C2CC2(F)F)oc2cc(N(C)S(C)(=O)=O)c(-c3ccc4c(n3)-c3cc5c(F)cccc5n3CO4)cc12.CNC(=O)c1c(C2CC2(F)F)oc2cc(N(C)S(C)(=O)=O)c(B3OC(C)(C)C(C)(C)O3)cc12.Fc1cccc2c1cc1n2COc2ccc(Cl)nc2-1. The molecular formula is C64H58BClF6N8O12S2. The van der Waals surface area contributed by atoms with Crippen molar-refractivity contribution in [3.05, 3.63) is 136 Å². The van der Waals surface area contributed by atoms with Crippen molar-refractivity contribution >= 4 is 111 Å². The summed E-state index contributed by atoms with van der Waals surface area (Å²) in [6, 6.07) is 25.9. The lowest BCUT2D eigenvalue weighted by molar-refractivity contribution is 0.00578. The van der Waals surface area contributed by atoms with E-state index >= 15 is 0 Å². The van der Waals surface area contributed by atoms with Gasteiger partial charge in [-0.1, -0.05) is 23.7 Å². The number of pyridine rings is 2. The maximum atomic E-state index is 14.6. The molecule has 4 aromatic carbocycles. The number of hydrogen-bond donors (Lipinski definition) is 2. The van der Waals surface area contributed by atoms with Crippen molar-refractivity contribution in [2.45, 2.75) is 88.9 Å². The molecule has 15 rings (SSSR count). The summed E-state index contributed by atoms with van der Waals surface area (Å²) in [5.74, 6) is -9.44. The van der Waals surface area contributed by atoms with Crippen LogP contribution < -0.4 is 34.2 Å². The third kappa shape index (κ3) is 10.8. The summed E-state index contributed by atoms with van der Waals surface area (Å²) in [4.78, 5) is 34.7. The fourth-order valence-corrected chi connectivity index (χ4v) is 13.0. The van der Waals surface area contributed by atoms with E-state index in [4.69, 9.17) is 44.2 Å². The van der Waals surface area contributed by atoms with Gasteiger partial charge >= 0.3 is 7.12 Å². The Kier molecular flexibility index (Phi) is 15.1. The Hall–Kier alpha value is -8.77. The number of rotatable bonds is 10. The predicted molar refractivity (Wildman–Crippen MR) is 342 cm³/mol. The molecule has 1 saturated heterocycles. The molecule has 2 aliphatic carbocycles. The van der Waals surface area contributed by atoms with Crippen molar-refractivity contribution in [2.24, 2.45) is 0 Å². The molecule has 3 fully saturated rings. The Morgan fingerprint density at radius 1 is 0.617 bits per heavy atom. The fourth-order valence-electron chi connectivity index (χ4n) is 11.8. The van der Waals surface area contributed by atoms with E-state index in [0.29, 0.717) is 73.5 Å². The van der Waals surface area contributed by atoms with Crippen LogP contribution in [0.1, 0.15) is 84.6 Å². The van der Waals surface area contributed by atoms with Crippen LogP contribution in [-0.2, 0) is 42.8 Å². The van der Waals surface area contributed by atoms with Crippen molar-refractivity contribution < 1.29 is 80.4 Å². The molecule has 0 radical (unpaired) electrons. The predicted octanol–water partition coefficient (Wildman–Crippen LogP) is 11.9. The number of hydrogen-bond acceptors (Lipinski definition) is 14. The van der Waals surface area contributed by atoms with E-state index in [1.807, 2.05) is 38.3 Å². The van der Waals surface area contributed by atoms with Crippen LogP contribution in [0.25, 0.3) is 77.8 Å². The number of ether oxygens (including phenoxy) is 2. The van der Waals surface area contributed by atoms with E-state index in [1.54, 1.807) is 59.2 Å². The zero-order chi connectivity index (χ0) is 67.4. The van der Waals surface area contributed by atoms with Gasteiger partial charge in [0.15, 0.2) is 13.5 Å². The molecule has 5 aliphatic rings. The van der Waals surface area contributed by atoms with Gasteiger partial charge in [0.25, 0.3) is 23.7 Å². The largest absolute Gasteiger partial charge is 0.497 e. The lowest BCUT2D eigenvalue weighted by Crippen LogP contribution is -2.41. The van der Waals surface area contributed by atoms with Gasteiger partial charge in [-0.25, -0.2) is 53.1 Å². The molecule has 3 aliphatic heterocycles. The third-order valence-corrected chi connectivity index (χ3v) is 20.6. The van der Waals surface area contributed by atoms with E-state index in [-0.39, 0.29) is 68.5 Å². The van der Waals surface area contributed by atoms with Crippen LogP contribution in [0.15, 0.2) is 106 Å². The first-order valence-electron chi connectivity index (χ1n) is 29.3. The average Bonchev–Trinajstić information content (AvgIpc) is 1.56. The number of furan rings is 2. The quantitative estimate of drug-likeness (QED) is 0.0737. The van der Waals surface area contributed by atoms with Gasteiger partial charge in [0.2, 0.25) is 20.0 Å². The highest BCUT2D eigenvalue weighted by Gasteiger charge is 2.62. The van der Waals surface area contributed by atoms with Crippen molar-refractivity contribution in [3.8, 4) is 45.5 Å². The van der Waals surface area contributed by atoms with Gasteiger partial charge in [-0.2, -0.15) is 0 Å². The van der Waals surface area contributed by atoms with Gasteiger partial charge in [-0.3, -0.25) is 18.2 Å². The number of aromatic nitrogens is 4. The van der Waals surface area contributed by atoms with Crippen LogP contribution in [0.3, 0.4) is 0 Å². The third-order valence-electron chi connectivity index (χ3n) is 18.0. The Labute approximate surface area is 538 Å². The number of fused-ring (bicyclic) bond motifs is 12. The van der Waals surface area contributed by atoms with Crippen LogP contribution in [0.5, 0.6) is 11.5 Å². The smallest absolute Gasteiger partial charge is 0.470 e. The van der Waals surface area contributed by atoms with Crippen LogP contribution >= 0.6 is 11.6 Å². The summed E-state index contributed by atoms with van der Waals surface area (Å²) in [6.07, 6.45) is 1.19. The molecule has 2 unspecified atom stereocenters. The second-order valence-corrected chi connectivity index (χ2v) is 28.9. The lowest BCUT2D eigenvalue weighted by atomic mass is 9.77. The summed E-state index contributed by atoms with van der Waals surface area (Å²) >= 11 is 5.92. The van der Waals surface area contributed by atoms with E-state index in [2.05, 4.69) is 15.6 Å². The first-order valence-corrected chi connectivity index (χ1v) is 33.3. The summed E-state index contributed by atoms with van der Waals surface area (Å²) in [5.41, 5.74) is 3.95. The molecule has 94 heavy (non-hydrogen) atoms. The number of amides is 2. The van der Waals surface area contributed by atoms with Gasteiger partial charge in [0.1, 0.15) is 62.4 Å². The number of nitrogens with one attached hydrogen (secondary N) is 2. The molecular weight excluding hydrogens is 1300 g/mol. The minimum atomic E-state index is -3.80. The highest BCUT2D eigenvalue weighted by atomic mass is 35.5. The molecule has 2 amide bonds. The van der Waals surface area contributed by atoms with E-state index in [1.165, 1.54) is 64.6 Å². The molecule has 2 atom stereocenters. The summed E-state index contributed by atoms with van der Waals surface area (Å²) in [7, 11) is -2.96. The minimum absolute atomic E-state index is 0.000927. The number of halogens is 7. The first kappa shape index (κ1) is 64.0. The molecule has 6 aromatic heterocycles. The average molecular weight is 1360 g/mol. The fraction of sp³-hybridized carbons (Fsp3) is 0.312. The topological polar surface area (TPSA) is 232 Å². The number of carbonyl (C=O) groups excluding carboxylic acids is 2. The second-order valence-electron chi connectivity index (χ2n) is 24.5. The number of sulfonamides is 2. The van der Waals surface area contributed by atoms with Crippen molar-refractivity contribution in [1.82, 2.24) is 29.7 Å². The minimum Gasteiger partial charge on any atom is -0.470 e. The Balaban J connectivity index is 0.000000137. The number of nitrogens with zero attached hydrogens (tertiary/aromatic N) is 6. The standard InChI is InChI=1S/C29H23F3N4O5S.C21H27BF2N2O6S.C14H8ClFN2O/c1-33-28(37)25-16-9-15(21(35(2)42(3,38)39)11-24(16)41-27(25)17-12-29(17,31)32)19-7-8-23-26(34-19)22-10-14-18(30)5-4-6-20(14)36(22)13-40-23;1-19(2)20(3,4)32-22(31-19)13-8-11-15(9-14(13)26(6)33(7,28)29)30-17(12-10-21(12,23)24)16(11)18(27)25-5;15-13-5-4-12-14(17-13)11-6-8-9(16)2-1-3-10(8)18(11)7-19-12/h4-11,17H,12-13H2,1-3H3,(H,33,37);8-9,12H,10H2,1-7H3,(H,25,27);1-6H,7H2. The molecule has 490 valence electrons. The monoisotopic (exact) mass is 1350 g/mol. The maximum Gasteiger partial charge on any atom is 0.497 e. The van der Waals surface area contributed by atoms with E-state index in [9.17, 15) is 52.8 Å². The summed E-state index contributed by atoms with van der Waals surface area (Å²) in [5, 5.41) is 6.83. The highest BCUT2D eigenvalue weighted by molar-refractivity contribution is 7.92. The Bertz CT molecular complexity index is 5100. The zero-order valence-corrected chi connectivity index (χ0v) is 54.2. The van der Waals surface area contributed by atoms with Gasteiger partial charge in [-0.15, -0.1) is 0 Å². The summed E-state index contributed by atoms with van der Waals surface area (Å²) < 4.78 is 176. The number of anilines is 2. The van der Waals surface area contributed by atoms with Crippen LogP contribution in [0.4, 0.5) is 37.7 Å². The molecule has 2 saturated carbocycles. The molecule has 30 heteroatoms. The van der Waals surface area contributed by atoms with Gasteiger partial charge in [0, 0.05) is 85.7 Å². The lowest BCUT2D eigenvalue weighted by Gasteiger charge is -2.32. The van der Waals surface area contributed by atoms with E-state index < -0.39 is 92.5 Å². The molecule has 0 spiro atoms. The van der Waals surface area contributed by atoms with Crippen molar-refractivity contribution in [2.75, 3.05) is 49.3 Å². The number of benzene rings is 4. The summed E-state index contributed by atoms with van der Waals surface area (Å²) in [6.45, 7) is 7.90. The molecule has 20 nitrogen and oxygen atoms in total. The first-order chi connectivity index (χ1) is 44.1. The molecule has 9 heterocycles. The normalized spacial score (nSPS) is 18.3. The van der Waals surface area contributed by atoms with Crippen LogP contribution in [0.2, 0.25) is 5.15 Å². The van der Waals surface area contributed by atoms with Crippen molar-refractivity contribution in [1.29, 1.82) is 0 Å². The van der Waals surface area contributed by atoms with Gasteiger partial charge in [0.05, 0.1) is 86.2 Å². The number of alkyl halides is 4.